The average molecular weight is 194 g/mol. The summed E-state index contributed by atoms with van der Waals surface area (Å²) < 4.78 is 0. The number of nitro groups is 1. The third kappa shape index (κ3) is 2.14. The van der Waals surface area contributed by atoms with Gasteiger partial charge in [0, 0.05) is 12.5 Å². The predicted molar refractivity (Wildman–Crippen MR) is 51.1 cm³/mol. The van der Waals surface area contributed by atoms with E-state index < -0.39 is 4.92 Å². The van der Waals surface area contributed by atoms with Crippen LogP contribution in [0.4, 0.5) is 5.69 Å². The van der Waals surface area contributed by atoms with Crippen molar-refractivity contribution in [1.82, 2.24) is 0 Å². The van der Waals surface area contributed by atoms with Crippen molar-refractivity contribution >= 4 is 11.5 Å². The Morgan fingerprint density at radius 2 is 2.07 bits per heavy atom. The van der Waals surface area contributed by atoms with Crippen LogP contribution >= 0.6 is 0 Å². The highest BCUT2D eigenvalue weighted by atomic mass is 16.6. The molecule has 0 spiro atoms. The SMILES string of the molecule is NCCC(=O)c1ccccc1[N+](=O)[O-]. The molecule has 0 fully saturated rings. The Kier molecular flexibility index (Phi) is 3.30. The van der Waals surface area contributed by atoms with E-state index >= 15 is 0 Å². The third-order valence-electron chi connectivity index (χ3n) is 1.77. The second-order valence-electron chi connectivity index (χ2n) is 2.74. The van der Waals surface area contributed by atoms with E-state index in [2.05, 4.69) is 0 Å². The molecular formula is C9H10N2O3. The molecule has 2 N–H and O–H groups in total. The van der Waals surface area contributed by atoms with Crippen molar-refractivity contribution < 1.29 is 9.72 Å². The van der Waals surface area contributed by atoms with Crippen LogP contribution in [0.5, 0.6) is 0 Å². The largest absolute Gasteiger partial charge is 0.330 e. The van der Waals surface area contributed by atoms with Crippen molar-refractivity contribution in [2.24, 2.45) is 5.73 Å². The molecule has 0 aliphatic heterocycles. The lowest BCUT2D eigenvalue weighted by Gasteiger charge is -1.99. The van der Waals surface area contributed by atoms with Gasteiger partial charge in [0.05, 0.1) is 10.5 Å². The molecule has 0 bridgehead atoms. The normalized spacial score (nSPS) is 9.79. The van der Waals surface area contributed by atoms with Crippen molar-refractivity contribution in [3.63, 3.8) is 0 Å². The highest BCUT2D eigenvalue weighted by Gasteiger charge is 2.17. The first-order valence-electron chi connectivity index (χ1n) is 4.13. The van der Waals surface area contributed by atoms with Crippen molar-refractivity contribution in [2.45, 2.75) is 6.42 Å². The number of hydrogen-bond acceptors (Lipinski definition) is 4. The summed E-state index contributed by atoms with van der Waals surface area (Å²) >= 11 is 0. The number of hydrogen-bond donors (Lipinski definition) is 1. The van der Waals surface area contributed by atoms with Crippen LogP contribution in [0.15, 0.2) is 24.3 Å². The number of para-hydroxylation sites is 1. The number of rotatable bonds is 4. The van der Waals surface area contributed by atoms with E-state index in [0.717, 1.165) is 0 Å². The van der Waals surface area contributed by atoms with Gasteiger partial charge in [0.25, 0.3) is 5.69 Å². The Labute approximate surface area is 80.7 Å². The molecule has 5 nitrogen and oxygen atoms in total. The minimum atomic E-state index is -0.566. The summed E-state index contributed by atoms with van der Waals surface area (Å²) in [7, 11) is 0. The van der Waals surface area contributed by atoms with Gasteiger partial charge in [-0.3, -0.25) is 14.9 Å². The van der Waals surface area contributed by atoms with E-state index in [1.165, 1.54) is 18.2 Å². The maximum absolute atomic E-state index is 11.4. The molecule has 0 atom stereocenters. The lowest BCUT2D eigenvalue weighted by molar-refractivity contribution is -0.385. The molecule has 0 aliphatic carbocycles. The number of carbonyl (C=O) groups excluding carboxylic acids is 1. The summed E-state index contributed by atoms with van der Waals surface area (Å²) in [4.78, 5) is 21.4. The van der Waals surface area contributed by atoms with Gasteiger partial charge in [-0.05, 0) is 12.6 Å². The summed E-state index contributed by atoms with van der Waals surface area (Å²) in [6.45, 7) is 0.199. The van der Waals surface area contributed by atoms with Gasteiger partial charge in [0.2, 0.25) is 0 Å². The second-order valence-corrected chi connectivity index (χ2v) is 2.74. The highest BCUT2D eigenvalue weighted by Crippen LogP contribution is 2.18. The number of nitrogens with zero attached hydrogens (tertiary/aromatic N) is 1. The zero-order valence-corrected chi connectivity index (χ0v) is 7.47. The Balaban J connectivity index is 3.07. The third-order valence-corrected chi connectivity index (χ3v) is 1.77. The van der Waals surface area contributed by atoms with Crippen molar-refractivity contribution in [3.05, 3.63) is 39.9 Å². The van der Waals surface area contributed by atoms with Gasteiger partial charge >= 0.3 is 0 Å². The minimum Gasteiger partial charge on any atom is -0.330 e. The fourth-order valence-corrected chi connectivity index (χ4v) is 1.13. The summed E-state index contributed by atoms with van der Waals surface area (Å²) in [5, 5.41) is 10.6. The van der Waals surface area contributed by atoms with Gasteiger partial charge in [-0.2, -0.15) is 0 Å². The zero-order valence-electron chi connectivity index (χ0n) is 7.47. The molecular weight excluding hydrogens is 184 g/mol. The fraction of sp³-hybridized carbons (Fsp3) is 0.222. The molecule has 1 aromatic carbocycles. The van der Waals surface area contributed by atoms with Gasteiger partial charge in [-0.1, -0.05) is 12.1 Å². The number of ketones is 1. The predicted octanol–water partition coefficient (Wildman–Crippen LogP) is 1.13. The number of Topliss-reactive ketones (excluding diaryl/α,β-unsaturated/α-hetero) is 1. The smallest absolute Gasteiger partial charge is 0.280 e. The van der Waals surface area contributed by atoms with Gasteiger partial charge in [0.15, 0.2) is 5.78 Å². The molecule has 14 heavy (non-hydrogen) atoms. The molecule has 0 saturated carbocycles. The minimum absolute atomic E-state index is 0.128. The lowest BCUT2D eigenvalue weighted by Crippen LogP contribution is -2.09. The van der Waals surface area contributed by atoms with Crippen LogP contribution < -0.4 is 5.73 Å². The lowest BCUT2D eigenvalue weighted by atomic mass is 10.1. The second kappa shape index (κ2) is 4.48. The first kappa shape index (κ1) is 10.3. The van der Waals surface area contributed by atoms with Gasteiger partial charge in [-0.15, -0.1) is 0 Å². The molecule has 1 rings (SSSR count). The van der Waals surface area contributed by atoms with E-state index in [9.17, 15) is 14.9 Å². The Morgan fingerprint density at radius 3 is 2.64 bits per heavy atom. The van der Waals surface area contributed by atoms with Crippen LogP contribution in [0.2, 0.25) is 0 Å². The summed E-state index contributed by atoms with van der Waals surface area (Å²) in [6, 6.07) is 5.87. The Hall–Kier alpha value is -1.75. The number of carbonyl (C=O) groups is 1. The van der Waals surface area contributed by atoms with Crippen LogP contribution in [0.1, 0.15) is 16.8 Å². The van der Waals surface area contributed by atoms with Gasteiger partial charge < -0.3 is 5.73 Å². The first-order valence-corrected chi connectivity index (χ1v) is 4.13. The molecule has 0 saturated heterocycles. The van der Waals surface area contributed by atoms with Crippen LogP contribution in [-0.2, 0) is 0 Å². The van der Waals surface area contributed by atoms with E-state index in [-0.39, 0.29) is 30.0 Å². The average Bonchev–Trinajstić information content (AvgIpc) is 2.18. The molecule has 0 amide bonds. The fourth-order valence-electron chi connectivity index (χ4n) is 1.13. The molecule has 1 aromatic rings. The quantitative estimate of drug-likeness (QED) is 0.442. The molecule has 0 heterocycles. The van der Waals surface area contributed by atoms with Crippen LogP contribution in [-0.4, -0.2) is 17.3 Å². The number of benzene rings is 1. The van der Waals surface area contributed by atoms with Crippen LogP contribution in [0, 0.1) is 10.1 Å². The van der Waals surface area contributed by atoms with Crippen molar-refractivity contribution in [3.8, 4) is 0 Å². The number of nitrogens with two attached hydrogens (primary N) is 1. The molecule has 5 heteroatoms. The van der Waals surface area contributed by atoms with Crippen LogP contribution in [0.25, 0.3) is 0 Å². The van der Waals surface area contributed by atoms with E-state index in [1.807, 2.05) is 0 Å². The molecule has 0 aliphatic rings. The summed E-state index contributed by atoms with van der Waals surface area (Å²) in [6.07, 6.45) is 0.130. The first-order chi connectivity index (χ1) is 6.66. The topological polar surface area (TPSA) is 86.2 Å². The van der Waals surface area contributed by atoms with Gasteiger partial charge in [-0.25, -0.2) is 0 Å². The highest BCUT2D eigenvalue weighted by molar-refractivity contribution is 5.99. The standard InChI is InChI=1S/C9H10N2O3/c10-6-5-9(12)7-3-1-2-4-8(7)11(13)14/h1-4H,5-6,10H2. The van der Waals surface area contributed by atoms with E-state index in [0.29, 0.717) is 0 Å². The van der Waals surface area contributed by atoms with Gasteiger partial charge in [0.1, 0.15) is 0 Å². The molecule has 0 radical (unpaired) electrons. The van der Waals surface area contributed by atoms with Crippen molar-refractivity contribution in [2.75, 3.05) is 6.54 Å². The maximum Gasteiger partial charge on any atom is 0.280 e. The summed E-state index contributed by atoms with van der Waals surface area (Å²) in [5.74, 6) is -0.292. The molecule has 74 valence electrons. The Morgan fingerprint density at radius 1 is 1.43 bits per heavy atom. The maximum atomic E-state index is 11.4. The van der Waals surface area contributed by atoms with Crippen molar-refractivity contribution in [1.29, 1.82) is 0 Å². The monoisotopic (exact) mass is 194 g/mol. The Bertz CT molecular complexity index is 363. The van der Waals surface area contributed by atoms with E-state index in [1.54, 1.807) is 6.07 Å². The summed E-state index contributed by atoms with van der Waals surface area (Å²) in [5.41, 5.74) is 5.17. The molecule has 0 aromatic heterocycles. The van der Waals surface area contributed by atoms with Crippen LogP contribution in [0.3, 0.4) is 0 Å². The molecule has 0 unspecified atom stereocenters. The zero-order chi connectivity index (χ0) is 10.6. The number of nitro benzene ring substituents is 1. The van der Waals surface area contributed by atoms with E-state index in [4.69, 9.17) is 5.73 Å².